The van der Waals surface area contributed by atoms with Crippen molar-refractivity contribution in [2.45, 2.75) is 6.92 Å². The van der Waals surface area contributed by atoms with Gasteiger partial charge in [-0.05, 0) is 36.3 Å². The predicted molar refractivity (Wildman–Crippen MR) is 119 cm³/mol. The molecule has 32 heavy (non-hydrogen) atoms. The number of aromatic nitrogens is 3. The molecule has 0 radical (unpaired) electrons. The molecular weight excluding hydrogens is 408 g/mol. The summed E-state index contributed by atoms with van der Waals surface area (Å²) in [5.41, 5.74) is 2.34. The number of aryl methyl sites for hydroxylation is 1. The van der Waals surface area contributed by atoms with Gasteiger partial charge in [0.25, 0.3) is 5.69 Å². The summed E-state index contributed by atoms with van der Waals surface area (Å²) >= 11 is 0. The monoisotopic (exact) mass is 424 g/mol. The van der Waals surface area contributed by atoms with Crippen LogP contribution in [0.4, 0.5) is 11.5 Å². The molecular formula is C23H16N6O3. The highest BCUT2D eigenvalue weighted by atomic mass is 16.6. The first-order valence-electron chi connectivity index (χ1n) is 9.54. The fourth-order valence-corrected chi connectivity index (χ4v) is 3.24. The minimum absolute atomic E-state index is 0.0739. The lowest BCUT2D eigenvalue weighted by atomic mass is 10.1. The quantitative estimate of drug-likeness (QED) is 0.291. The number of nitrogens with one attached hydrogen (secondary N) is 1. The zero-order chi connectivity index (χ0) is 22.7. The third kappa shape index (κ3) is 4.06. The lowest BCUT2D eigenvalue weighted by Gasteiger charge is -2.10. The molecule has 9 nitrogen and oxygen atoms in total. The Morgan fingerprint density at radius 1 is 1.22 bits per heavy atom. The Balaban J connectivity index is 1.65. The third-order valence-corrected chi connectivity index (χ3v) is 4.77. The summed E-state index contributed by atoms with van der Waals surface area (Å²) in [6, 6.07) is 17.4. The van der Waals surface area contributed by atoms with E-state index in [2.05, 4.69) is 15.4 Å². The van der Waals surface area contributed by atoms with Crippen LogP contribution in [0.1, 0.15) is 16.7 Å². The van der Waals surface area contributed by atoms with Crippen LogP contribution in [0.5, 0.6) is 0 Å². The average molecular weight is 424 g/mol. The molecule has 0 aliphatic heterocycles. The summed E-state index contributed by atoms with van der Waals surface area (Å²) in [7, 11) is 0. The van der Waals surface area contributed by atoms with Crippen LogP contribution in [0.3, 0.4) is 0 Å². The van der Waals surface area contributed by atoms with E-state index in [1.165, 1.54) is 41.2 Å². The van der Waals surface area contributed by atoms with E-state index < -0.39 is 10.8 Å². The van der Waals surface area contributed by atoms with Crippen LogP contribution in [-0.2, 0) is 4.79 Å². The van der Waals surface area contributed by atoms with Crippen molar-refractivity contribution in [2.24, 2.45) is 0 Å². The first-order chi connectivity index (χ1) is 15.5. The minimum atomic E-state index is -0.521. The van der Waals surface area contributed by atoms with Gasteiger partial charge in [-0.25, -0.2) is 4.98 Å². The topological polar surface area (TPSA) is 127 Å². The minimum Gasteiger partial charge on any atom is -0.306 e. The van der Waals surface area contributed by atoms with Crippen molar-refractivity contribution in [1.82, 2.24) is 14.8 Å². The molecule has 0 aliphatic rings. The first kappa shape index (κ1) is 20.4. The molecule has 4 aromatic rings. The summed E-state index contributed by atoms with van der Waals surface area (Å²) in [5.74, 6) is 0.122. The van der Waals surface area contributed by atoms with E-state index >= 15 is 0 Å². The number of rotatable bonds is 5. The van der Waals surface area contributed by atoms with E-state index in [-0.39, 0.29) is 17.1 Å². The molecule has 1 N–H and O–H groups in total. The Morgan fingerprint density at radius 3 is 2.81 bits per heavy atom. The second-order valence-corrected chi connectivity index (χ2v) is 6.92. The van der Waals surface area contributed by atoms with Gasteiger partial charge in [0.05, 0.1) is 16.6 Å². The molecule has 2 aromatic heterocycles. The molecule has 0 saturated carbocycles. The zero-order valence-electron chi connectivity index (χ0n) is 16.9. The number of nitro benzene ring substituents is 1. The molecule has 2 aromatic carbocycles. The van der Waals surface area contributed by atoms with Gasteiger partial charge in [-0.2, -0.15) is 15.0 Å². The fraction of sp³-hybridized carbons (Fsp3) is 0.0435. The Bertz CT molecular complexity index is 1430. The van der Waals surface area contributed by atoms with Crippen molar-refractivity contribution in [2.75, 3.05) is 5.32 Å². The summed E-state index contributed by atoms with van der Waals surface area (Å²) < 4.78 is 1.40. The molecule has 0 bridgehead atoms. The van der Waals surface area contributed by atoms with Crippen molar-refractivity contribution in [3.63, 3.8) is 0 Å². The van der Waals surface area contributed by atoms with Crippen molar-refractivity contribution in [3.05, 3.63) is 93.7 Å². The maximum absolute atomic E-state index is 12.5. The van der Waals surface area contributed by atoms with Crippen molar-refractivity contribution in [3.8, 4) is 11.9 Å². The van der Waals surface area contributed by atoms with Gasteiger partial charge in [0.15, 0.2) is 11.6 Å². The molecule has 0 saturated heterocycles. The van der Waals surface area contributed by atoms with Gasteiger partial charge < -0.3 is 5.32 Å². The van der Waals surface area contributed by atoms with Gasteiger partial charge in [0.2, 0.25) is 5.91 Å². The highest BCUT2D eigenvalue weighted by Gasteiger charge is 2.16. The highest BCUT2D eigenvalue weighted by Crippen LogP contribution is 2.23. The number of para-hydroxylation sites is 1. The zero-order valence-corrected chi connectivity index (χ0v) is 16.9. The van der Waals surface area contributed by atoms with Gasteiger partial charge in [-0.3, -0.25) is 14.9 Å². The Morgan fingerprint density at radius 2 is 2.03 bits per heavy atom. The van der Waals surface area contributed by atoms with E-state index in [1.807, 2.05) is 43.3 Å². The standard InChI is InChI=1S/C23H16N6O3/c1-15-11-21(26-20-8-3-2-7-19(15)20)28-23(17(13-24)14-25-28)27-22(30)10-9-16-5-4-6-18(12-16)29(31)32/h2-12,14H,1H3,(H,27,30)/b10-9+. The SMILES string of the molecule is Cc1cc(-n2ncc(C#N)c2NC(=O)/C=C/c2cccc([N+](=O)[O-])c2)nc2ccccc12. The van der Waals surface area contributed by atoms with E-state index in [0.29, 0.717) is 11.4 Å². The van der Waals surface area contributed by atoms with Crippen LogP contribution in [-0.4, -0.2) is 25.6 Å². The number of amides is 1. The number of pyridine rings is 1. The molecule has 0 atom stereocenters. The number of carbonyl (C=O) groups is 1. The molecule has 2 heterocycles. The number of nitro groups is 1. The molecule has 0 fully saturated rings. The largest absolute Gasteiger partial charge is 0.306 e. The Kier molecular flexibility index (Phi) is 5.42. The van der Waals surface area contributed by atoms with E-state index in [0.717, 1.165) is 16.5 Å². The fourth-order valence-electron chi connectivity index (χ4n) is 3.24. The second kappa shape index (κ2) is 8.49. The van der Waals surface area contributed by atoms with E-state index in [4.69, 9.17) is 0 Å². The summed E-state index contributed by atoms with van der Waals surface area (Å²) in [4.78, 5) is 27.5. The molecule has 0 aliphatic carbocycles. The van der Waals surface area contributed by atoms with Crippen molar-refractivity contribution in [1.29, 1.82) is 5.26 Å². The van der Waals surface area contributed by atoms with Gasteiger partial charge in [0, 0.05) is 23.6 Å². The van der Waals surface area contributed by atoms with Crippen LogP contribution in [0.15, 0.2) is 66.9 Å². The normalized spacial score (nSPS) is 10.9. The smallest absolute Gasteiger partial charge is 0.270 e. The third-order valence-electron chi connectivity index (χ3n) is 4.77. The Hall–Kier alpha value is -4.84. The number of fused-ring (bicyclic) bond motifs is 1. The van der Waals surface area contributed by atoms with Gasteiger partial charge >= 0.3 is 0 Å². The maximum atomic E-state index is 12.5. The first-order valence-corrected chi connectivity index (χ1v) is 9.54. The average Bonchev–Trinajstić information content (AvgIpc) is 3.20. The van der Waals surface area contributed by atoms with Crippen LogP contribution < -0.4 is 5.32 Å². The highest BCUT2D eigenvalue weighted by molar-refractivity contribution is 6.02. The van der Waals surface area contributed by atoms with Gasteiger partial charge in [-0.15, -0.1) is 0 Å². The number of non-ortho nitro benzene ring substituents is 1. The molecule has 0 unspecified atom stereocenters. The number of anilines is 1. The molecule has 4 rings (SSSR count). The van der Waals surface area contributed by atoms with Crippen LogP contribution in [0, 0.1) is 28.4 Å². The van der Waals surface area contributed by atoms with Crippen LogP contribution in [0.25, 0.3) is 22.8 Å². The number of hydrogen-bond acceptors (Lipinski definition) is 6. The number of carbonyl (C=O) groups excluding carboxylic acids is 1. The summed E-state index contributed by atoms with van der Waals surface area (Å²) in [5, 5.41) is 28.2. The van der Waals surface area contributed by atoms with Crippen LogP contribution in [0.2, 0.25) is 0 Å². The lowest BCUT2D eigenvalue weighted by Crippen LogP contribution is -2.14. The summed E-state index contributed by atoms with van der Waals surface area (Å²) in [6.45, 7) is 1.95. The van der Waals surface area contributed by atoms with E-state index in [9.17, 15) is 20.2 Å². The number of nitriles is 1. The van der Waals surface area contributed by atoms with Crippen molar-refractivity contribution < 1.29 is 9.72 Å². The van der Waals surface area contributed by atoms with Crippen LogP contribution >= 0.6 is 0 Å². The predicted octanol–water partition coefficient (Wildman–Crippen LogP) is 4.16. The van der Waals surface area contributed by atoms with E-state index in [1.54, 1.807) is 6.07 Å². The second-order valence-electron chi connectivity index (χ2n) is 6.92. The molecule has 9 heteroatoms. The number of hydrogen-bond donors (Lipinski definition) is 1. The molecule has 156 valence electrons. The lowest BCUT2D eigenvalue weighted by molar-refractivity contribution is -0.384. The number of nitrogens with zero attached hydrogens (tertiary/aromatic N) is 5. The number of benzene rings is 2. The molecule has 1 amide bonds. The van der Waals surface area contributed by atoms with Crippen molar-refractivity contribution >= 4 is 34.4 Å². The van der Waals surface area contributed by atoms with Gasteiger partial charge in [-0.1, -0.05) is 30.3 Å². The maximum Gasteiger partial charge on any atom is 0.270 e. The summed E-state index contributed by atoms with van der Waals surface area (Å²) in [6.07, 6.45) is 4.04. The molecule has 0 spiro atoms. The van der Waals surface area contributed by atoms with Gasteiger partial charge in [0.1, 0.15) is 11.6 Å². The Labute approximate surface area is 182 Å².